The van der Waals surface area contributed by atoms with Crippen LogP contribution in [-0.4, -0.2) is 51.6 Å². The SMILES string of the molecule is CCO.C[C@@H](O)[C@@H](O)C[C@H](O)C=O. The van der Waals surface area contributed by atoms with Crippen molar-refractivity contribution < 1.29 is 25.2 Å². The Bertz CT molecular complexity index is 115. The fourth-order valence-electron chi connectivity index (χ4n) is 0.500. The summed E-state index contributed by atoms with van der Waals surface area (Å²) >= 11 is 0. The molecule has 0 amide bonds. The van der Waals surface area contributed by atoms with Crippen LogP contribution in [0.2, 0.25) is 0 Å². The third kappa shape index (κ3) is 11.5. The van der Waals surface area contributed by atoms with Gasteiger partial charge in [-0.2, -0.15) is 0 Å². The standard InChI is InChI=1S/C6H12O4.C2H6O/c1-4(8)6(10)2-5(9)3-7;1-2-3/h3-6,8-10H,2H2,1H3;3H,2H2,1H3/t4-,5+,6+;/m1./s1. The Morgan fingerprint density at radius 2 is 1.69 bits per heavy atom. The highest BCUT2D eigenvalue weighted by molar-refractivity contribution is 5.55. The van der Waals surface area contributed by atoms with Gasteiger partial charge in [-0.1, -0.05) is 0 Å². The van der Waals surface area contributed by atoms with E-state index in [1.54, 1.807) is 6.92 Å². The minimum Gasteiger partial charge on any atom is -0.397 e. The number of aliphatic hydroxyl groups excluding tert-OH is 4. The number of aldehydes is 1. The van der Waals surface area contributed by atoms with Crippen molar-refractivity contribution in [3.63, 3.8) is 0 Å². The molecule has 0 heterocycles. The summed E-state index contributed by atoms with van der Waals surface area (Å²) in [7, 11) is 0. The lowest BCUT2D eigenvalue weighted by Crippen LogP contribution is -2.28. The third-order valence-electron chi connectivity index (χ3n) is 1.20. The van der Waals surface area contributed by atoms with Gasteiger partial charge in [-0.3, -0.25) is 0 Å². The van der Waals surface area contributed by atoms with Gasteiger partial charge in [-0.25, -0.2) is 0 Å². The molecule has 4 N–H and O–H groups in total. The van der Waals surface area contributed by atoms with Crippen LogP contribution in [0.25, 0.3) is 0 Å². The molecule has 0 fully saturated rings. The molecule has 0 aromatic heterocycles. The summed E-state index contributed by atoms with van der Waals surface area (Å²) in [6.07, 6.45) is -2.90. The molecule has 0 bridgehead atoms. The first-order chi connectivity index (χ1) is 5.99. The summed E-state index contributed by atoms with van der Waals surface area (Å²) in [4.78, 5) is 9.82. The fraction of sp³-hybridized carbons (Fsp3) is 0.875. The van der Waals surface area contributed by atoms with Crippen LogP contribution in [0.1, 0.15) is 20.3 Å². The van der Waals surface area contributed by atoms with Crippen molar-refractivity contribution >= 4 is 6.29 Å². The first-order valence-electron chi connectivity index (χ1n) is 4.09. The Morgan fingerprint density at radius 1 is 1.31 bits per heavy atom. The number of carbonyl (C=O) groups excluding carboxylic acids is 1. The van der Waals surface area contributed by atoms with Crippen molar-refractivity contribution in [1.82, 2.24) is 0 Å². The molecule has 0 aliphatic heterocycles. The zero-order valence-corrected chi connectivity index (χ0v) is 7.92. The maximum atomic E-state index is 9.82. The van der Waals surface area contributed by atoms with E-state index in [0.717, 1.165) is 0 Å². The fourth-order valence-corrected chi connectivity index (χ4v) is 0.500. The maximum Gasteiger partial charge on any atom is 0.148 e. The second kappa shape index (κ2) is 9.60. The monoisotopic (exact) mass is 194 g/mol. The predicted molar refractivity (Wildman–Crippen MR) is 47.1 cm³/mol. The Labute approximate surface area is 77.6 Å². The zero-order chi connectivity index (χ0) is 10.9. The molecule has 0 unspecified atom stereocenters. The normalized spacial score (nSPS) is 16.5. The second-order valence-electron chi connectivity index (χ2n) is 2.56. The smallest absolute Gasteiger partial charge is 0.148 e. The van der Waals surface area contributed by atoms with Gasteiger partial charge >= 0.3 is 0 Å². The molecule has 0 radical (unpaired) electrons. The Hall–Kier alpha value is -0.490. The second-order valence-corrected chi connectivity index (χ2v) is 2.56. The molecule has 3 atom stereocenters. The number of hydrogen-bond acceptors (Lipinski definition) is 5. The molecule has 0 rings (SSSR count). The molecular weight excluding hydrogens is 176 g/mol. The van der Waals surface area contributed by atoms with Gasteiger partial charge in [0.05, 0.1) is 12.2 Å². The largest absolute Gasteiger partial charge is 0.397 e. The summed E-state index contributed by atoms with van der Waals surface area (Å²) in [5.41, 5.74) is 0. The van der Waals surface area contributed by atoms with Crippen molar-refractivity contribution in [3.05, 3.63) is 0 Å². The van der Waals surface area contributed by atoms with E-state index in [9.17, 15) is 4.79 Å². The maximum absolute atomic E-state index is 9.82. The Kier molecular flexibility index (Phi) is 11.1. The predicted octanol–water partition coefficient (Wildman–Crippen LogP) is -1.32. The van der Waals surface area contributed by atoms with E-state index < -0.39 is 18.3 Å². The highest BCUT2D eigenvalue weighted by Crippen LogP contribution is 2.00. The van der Waals surface area contributed by atoms with Crippen molar-refractivity contribution in [2.24, 2.45) is 0 Å². The van der Waals surface area contributed by atoms with Crippen LogP contribution in [-0.2, 0) is 4.79 Å². The number of rotatable bonds is 4. The van der Waals surface area contributed by atoms with Crippen molar-refractivity contribution in [2.75, 3.05) is 6.61 Å². The molecule has 0 spiro atoms. The molecule has 0 saturated heterocycles. The van der Waals surface area contributed by atoms with E-state index in [1.807, 2.05) is 0 Å². The Morgan fingerprint density at radius 3 is 1.92 bits per heavy atom. The van der Waals surface area contributed by atoms with E-state index in [4.69, 9.17) is 20.4 Å². The van der Waals surface area contributed by atoms with Gasteiger partial charge in [-0.05, 0) is 13.8 Å². The first kappa shape index (κ1) is 15.0. The quantitative estimate of drug-likeness (QED) is 0.416. The van der Waals surface area contributed by atoms with Crippen LogP contribution >= 0.6 is 0 Å². The Balaban J connectivity index is 0. The number of aliphatic hydroxyl groups is 4. The van der Waals surface area contributed by atoms with Gasteiger partial charge in [-0.15, -0.1) is 0 Å². The summed E-state index contributed by atoms with van der Waals surface area (Å²) in [6, 6.07) is 0. The van der Waals surface area contributed by atoms with Gasteiger partial charge in [0.1, 0.15) is 12.4 Å². The average Bonchev–Trinajstić information content (AvgIpc) is 2.05. The van der Waals surface area contributed by atoms with E-state index >= 15 is 0 Å². The third-order valence-corrected chi connectivity index (χ3v) is 1.20. The van der Waals surface area contributed by atoms with Crippen LogP contribution < -0.4 is 0 Å². The van der Waals surface area contributed by atoms with E-state index in [2.05, 4.69) is 0 Å². The lowest BCUT2D eigenvalue weighted by Gasteiger charge is -2.13. The summed E-state index contributed by atoms with van der Waals surface area (Å²) in [5, 5.41) is 33.8. The topological polar surface area (TPSA) is 98.0 Å². The van der Waals surface area contributed by atoms with Crippen LogP contribution in [0, 0.1) is 0 Å². The molecule has 0 saturated carbocycles. The van der Waals surface area contributed by atoms with Crippen LogP contribution in [0.15, 0.2) is 0 Å². The molecule has 0 aromatic rings. The first-order valence-corrected chi connectivity index (χ1v) is 4.09. The lowest BCUT2D eigenvalue weighted by molar-refractivity contribution is -0.117. The summed E-state index contributed by atoms with van der Waals surface area (Å²) in [5.74, 6) is 0. The van der Waals surface area contributed by atoms with Gasteiger partial charge < -0.3 is 25.2 Å². The summed E-state index contributed by atoms with van der Waals surface area (Å²) < 4.78 is 0. The minimum absolute atomic E-state index is 0.110. The number of hydrogen-bond donors (Lipinski definition) is 4. The van der Waals surface area contributed by atoms with Crippen LogP contribution in [0.4, 0.5) is 0 Å². The number of carbonyl (C=O) groups is 1. The van der Waals surface area contributed by atoms with Crippen molar-refractivity contribution in [3.8, 4) is 0 Å². The molecular formula is C8H18O5. The molecule has 13 heavy (non-hydrogen) atoms. The van der Waals surface area contributed by atoms with E-state index in [0.29, 0.717) is 6.29 Å². The van der Waals surface area contributed by atoms with E-state index in [1.165, 1.54) is 6.92 Å². The highest BCUT2D eigenvalue weighted by atomic mass is 16.3. The molecule has 0 aliphatic rings. The van der Waals surface area contributed by atoms with Crippen molar-refractivity contribution in [1.29, 1.82) is 0 Å². The molecule has 5 nitrogen and oxygen atoms in total. The van der Waals surface area contributed by atoms with Crippen LogP contribution in [0.3, 0.4) is 0 Å². The lowest BCUT2D eigenvalue weighted by atomic mass is 10.1. The van der Waals surface area contributed by atoms with Gasteiger partial charge in [0.15, 0.2) is 0 Å². The zero-order valence-electron chi connectivity index (χ0n) is 7.92. The van der Waals surface area contributed by atoms with Crippen LogP contribution in [0.5, 0.6) is 0 Å². The van der Waals surface area contributed by atoms with Crippen molar-refractivity contribution in [2.45, 2.75) is 38.6 Å². The molecule has 0 aromatic carbocycles. The minimum atomic E-state index is -1.18. The molecule has 5 heteroatoms. The summed E-state index contributed by atoms with van der Waals surface area (Å²) in [6.45, 7) is 3.32. The average molecular weight is 194 g/mol. The van der Waals surface area contributed by atoms with Gasteiger partial charge in [0.25, 0.3) is 0 Å². The molecule has 80 valence electrons. The molecule has 0 aliphatic carbocycles. The van der Waals surface area contributed by atoms with Gasteiger partial charge in [0, 0.05) is 13.0 Å². The van der Waals surface area contributed by atoms with Gasteiger partial charge in [0.2, 0.25) is 0 Å². The van der Waals surface area contributed by atoms with E-state index in [-0.39, 0.29) is 13.0 Å². The highest BCUT2D eigenvalue weighted by Gasteiger charge is 2.14.